The highest BCUT2D eigenvalue weighted by atomic mass is 16.6. The first-order valence-corrected chi connectivity index (χ1v) is 11.7. The van der Waals surface area contributed by atoms with Gasteiger partial charge in [0.05, 0.1) is 22.8 Å². The van der Waals surface area contributed by atoms with Crippen molar-refractivity contribution in [3.8, 4) is 22.8 Å². The predicted molar refractivity (Wildman–Crippen MR) is 132 cm³/mol. The van der Waals surface area contributed by atoms with Crippen molar-refractivity contribution in [1.29, 1.82) is 0 Å². The number of ether oxygens (including phenoxy) is 2. The van der Waals surface area contributed by atoms with Crippen LogP contribution in [-0.2, 0) is 13.0 Å². The highest BCUT2D eigenvalue weighted by Gasteiger charge is 2.20. The molecule has 1 amide bonds. The number of carbonyl (C=O) groups is 1. The monoisotopic (exact) mass is 473 g/mol. The average Bonchev–Trinajstić information content (AvgIpc) is 3.31. The second kappa shape index (κ2) is 9.25. The van der Waals surface area contributed by atoms with Crippen molar-refractivity contribution in [2.24, 2.45) is 0 Å². The molecule has 0 saturated carbocycles. The van der Waals surface area contributed by atoms with Crippen molar-refractivity contribution >= 4 is 16.9 Å². The summed E-state index contributed by atoms with van der Waals surface area (Å²) < 4.78 is 13.2. The molecule has 9 nitrogen and oxygen atoms in total. The molecule has 1 aliphatic heterocycles. The van der Waals surface area contributed by atoms with Crippen molar-refractivity contribution in [2.75, 3.05) is 13.2 Å². The van der Waals surface area contributed by atoms with Crippen LogP contribution in [0.2, 0.25) is 0 Å². The Balaban J connectivity index is 1.53. The van der Waals surface area contributed by atoms with Crippen LogP contribution in [0.5, 0.6) is 11.5 Å². The van der Waals surface area contributed by atoms with E-state index in [9.17, 15) is 9.59 Å². The number of nitrogens with zero attached hydrogens (tertiary/aromatic N) is 3. The molecule has 35 heavy (non-hydrogen) atoms. The molecule has 9 heteroatoms. The lowest BCUT2D eigenvalue weighted by Gasteiger charge is -2.19. The van der Waals surface area contributed by atoms with Gasteiger partial charge < -0.3 is 19.8 Å². The molecule has 3 aromatic heterocycles. The lowest BCUT2D eigenvalue weighted by molar-refractivity contribution is 0.0952. The molecule has 1 aromatic carbocycles. The molecule has 0 atom stereocenters. The van der Waals surface area contributed by atoms with Crippen molar-refractivity contribution in [3.63, 3.8) is 0 Å². The second-order valence-electron chi connectivity index (χ2n) is 8.71. The van der Waals surface area contributed by atoms with Crippen LogP contribution in [0.1, 0.15) is 48.4 Å². The first-order chi connectivity index (χ1) is 16.9. The molecule has 4 aromatic rings. The van der Waals surface area contributed by atoms with Crippen LogP contribution in [0.4, 0.5) is 0 Å². The Kier molecular flexibility index (Phi) is 5.98. The van der Waals surface area contributed by atoms with E-state index in [4.69, 9.17) is 14.5 Å². The molecule has 4 heterocycles. The van der Waals surface area contributed by atoms with E-state index in [2.05, 4.69) is 15.4 Å². The molecule has 2 N–H and O–H groups in total. The minimum atomic E-state index is -0.307. The maximum absolute atomic E-state index is 13.3. The third-order valence-electron chi connectivity index (χ3n) is 6.01. The van der Waals surface area contributed by atoms with Crippen molar-refractivity contribution in [2.45, 2.75) is 39.8 Å². The number of hydrogen-bond acceptors (Lipinski definition) is 6. The summed E-state index contributed by atoms with van der Waals surface area (Å²) in [5.41, 5.74) is 3.61. The zero-order valence-electron chi connectivity index (χ0n) is 19.9. The summed E-state index contributed by atoms with van der Waals surface area (Å²) in [6, 6.07) is 11.0. The van der Waals surface area contributed by atoms with Gasteiger partial charge in [-0.15, -0.1) is 0 Å². The number of benzene rings is 1. The fourth-order valence-electron chi connectivity index (χ4n) is 4.10. The van der Waals surface area contributed by atoms with Gasteiger partial charge in [0.25, 0.3) is 11.5 Å². The lowest BCUT2D eigenvalue weighted by Crippen LogP contribution is -2.27. The number of pyridine rings is 2. The topological polar surface area (TPSA) is 111 Å². The Morgan fingerprint density at radius 2 is 1.94 bits per heavy atom. The number of aromatic amines is 1. The van der Waals surface area contributed by atoms with Gasteiger partial charge in [0.1, 0.15) is 13.2 Å². The quantitative estimate of drug-likeness (QED) is 0.442. The second-order valence-corrected chi connectivity index (χ2v) is 8.71. The SMILES string of the molecule is CCc1ccc(CNC(=O)c2cc(-c3ccc4c(c3)OCCO4)nc3c2cnn3C(C)C)c(=O)[nH]1. The summed E-state index contributed by atoms with van der Waals surface area (Å²) in [4.78, 5) is 33.3. The van der Waals surface area contributed by atoms with E-state index in [-0.39, 0.29) is 24.1 Å². The van der Waals surface area contributed by atoms with Gasteiger partial charge in [-0.2, -0.15) is 5.10 Å². The molecule has 180 valence electrons. The van der Waals surface area contributed by atoms with E-state index < -0.39 is 0 Å². The Labute approximate surface area is 202 Å². The minimum Gasteiger partial charge on any atom is -0.486 e. The van der Waals surface area contributed by atoms with Gasteiger partial charge in [0.2, 0.25) is 0 Å². The third kappa shape index (κ3) is 4.37. The van der Waals surface area contributed by atoms with Gasteiger partial charge in [-0.3, -0.25) is 9.59 Å². The Bertz CT molecular complexity index is 1470. The number of rotatable bonds is 6. The van der Waals surface area contributed by atoms with Crippen LogP contribution >= 0.6 is 0 Å². The number of aromatic nitrogens is 4. The van der Waals surface area contributed by atoms with E-state index >= 15 is 0 Å². The highest BCUT2D eigenvalue weighted by molar-refractivity contribution is 6.06. The fraction of sp³-hybridized carbons (Fsp3) is 0.308. The smallest absolute Gasteiger partial charge is 0.253 e. The number of H-pyrrole nitrogens is 1. The molecule has 0 aliphatic carbocycles. The van der Waals surface area contributed by atoms with Crippen LogP contribution < -0.4 is 20.3 Å². The number of amides is 1. The third-order valence-corrected chi connectivity index (χ3v) is 6.01. The summed E-state index contributed by atoms with van der Waals surface area (Å²) in [7, 11) is 0. The first kappa shape index (κ1) is 22.6. The van der Waals surface area contributed by atoms with Gasteiger partial charge in [0, 0.05) is 29.4 Å². The predicted octanol–water partition coefficient (Wildman–Crippen LogP) is 3.63. The van der Waals surface area contributed by atoms with Crippen LogP contribution in [-0.4, -0.2) is 38.9 Å². The van der Waals surface area contributed by atoms with Crippen LogP contribution in [0.25, 0.3) is 22.3 Å². The van der Waals surface area contributed by atoms with Crippen LogP contribution in [0.3, 0.4) is 0 Å². The Morgan fingerprint density at radius 3 is 2.69 bits per heavy atom. The van der Waals surface area contributed by atoms with Gasteiger partial charge in [-0.05, 0) is 50.6 Å². The molecule has 0 fully saturated rings. The zero-order chi connectivity index (χ0) is 24.5. The fourth-order valence-corrected chi connectivity index (χ4v) is 4.10. The molecular weight excluding hydrogens is 446 g/mol. The average molecular weight is 474 g/mol. The van der Waals surface area contributed by atoms with E-state index in [1.165, 1.54) is 0 Å². The van der Waals surface area contributed by atoms with Gasteiger partial charge >= 0.3 is 0 Å². The first-order valence-electron chi connectivity index (χ1n) is 11.7. The molecule has 0 saturated heterocycles. The molecular formula is C26H27N5O4. The van der Waals surface area contributed by atoms with Crippen molar-refractivity contribution in [1.82, 2.24) is 25.1 Å². The molecule has 5 rings (SSSR count). The van der Waals surface area contributed by atoms with E-state index in [0.717, 1.165) is 17.7 Å². The van der Waals surface area contributed by atoms with Crippen LogP contribution in [0, 0.1) is 0 Å². The molecule has 0 spiro atoms. The molecule has 1 aliphatic rings. The summed E-state index contributed by atoms with van der Waals surface area (Å²) in [6.45, 7) is 7.10. The Morgan fingerprint density at radius 1 is 1.14 bits per heavy atom. The number of fused-ring (bicyclic) bond motifs is 2. The highest BCUT2D eigenvalue weighted by Crippen LogP contribution is 2.35. The summed E-state index contributed by atoms with van der Waals surface area (Å²) >= 11 is 0. The standard InChI is InChI=1S/C26H27N5O4/c1-4-18-7-5-17(25(32)29-18)13-27-26(33)19-12-21(30-24-20(19)14-28-31(24)15(2)3)16-6-8-22-23(11-16)35-10-9-34-22/h5-8,11-12,14-15H,4,9-10,13H2,1-3H3,(H,27,33)(H,29,32). The van der Waals surface area contributed by atoms with E-state index in [1.807, 2.05) is 45.0 Å². The molecule has 0 unspecified atom stereocenters. The van der Waals surface area contributed by atoms with Gasteiger partial charge in [-0.1, -0.05) is 13.0 Å². The maximum Gasteiger partial charge on any atom is 0.253 e. The Hall–Kier alpha value is -4.14. The number of hydrogen-bond donors (Lipinski definition) is 2. The summed E-state index contributed by atoms with van der Waals surface area (Å²) in [5, 5.41) is 8.00. The summed E-state index contributed by atoms with van der Waals surface area (Å²) in [6.07, 6.45) is 2.40. The number of aryl methyl sites for hydroxylation is 1. The maximum atomic E-state index is 13.3. The lowest BCUT2D eigenvalue weighted by atomic mass is 10.1. The normalized spacial score (nSPS) is 12.8. The van der Waals surface area contributed by atoms with Crippen molar-refractivity contribution < 1.29 is 14.3 Å². The van der Waals surface area contributed by atoms with Gasteiger partial charge in [-0.25, -0.2) is 9.67 Å². The molecule has 0 bridgehead atoms. The van der Waals surface area contributed by atoms with E-state index in [1.54, 1.807) is 23.0 Å². The minimum absolute atomic E-state index is 0.0575. The van der Waals surface area contributed by atoms with Gasteiger partial charge in [0.15, 0.2) is 17.1 Å². The number of carbonyl (C=O) groups excluding carboxylic acids is 1. The summed E-state index contributed by atoms with van der Waals surface area (Å²) in [5.74, 6) is 1.03. The van der Waals surface area contributed by atoms with E-state index in [0.29, 0.717) is 52.6 Å². The van der Waals surface area contributed by atoms with Crippen molar-refractivity contribution in [3.05, 3.63) is 69.8 Å². The zero-order valence-corrected chi connectivity index (χ0v) is 19.9. The largest absolute Gasteiger partial charge is 0.486 e. The van der Waals surface area contributed by atoms with Crippen LogP contribution in [0.15, 0.2) is 47.4 Å². The molecule has 0 radical (unpaired) electrons. The number of nitrogens with one attached hydrogen (secondary N) is 2.